The van der Waals surface area contributed by atoms with Crippen LogP contribution in [0.4, 0.5) is 11.5 Å². The first-order valence-corrected chi connectivity index (χ1v) is 6.35. The number of fused-ring (bicyclic) bond motifs is 1. The Morgan fingerprint density at radius 1 is 1.15 bits per heavy atom. The molecule has 0 spiro atoms. The van der Waals surface area contributed by atoms with E-state index in [4.69, 9.17) is 11.6 Å². The number of carbonyl (C=O) groups is 2. The van der Waals surface area contributed by atoms with Crippen LogP contribution in [0, 0.1) is 0 Å². The fourth-order valence-electron chi connectivity index (χ4n) is 2.05. The molecule has 0 unspecified atom stereocenters. The van der Waals surface area contributed by atoms with Gasteiger partial charge in [-0.05, 0) is 24.3 Å². The van der Waals surface area contributed by atoms with Gasteiger partial charge in [0, 0.05) is 6.20 Å². The Hall–Kier alpha value is -2.40. The van der Waals surface area contributed by atoms with Gasteiger partial charge in [0.25, 0.3) is 5.78 Å². The van der Waals surface area contributed by atoms with Gasteiger partial charge < -0.3 is 5.32 Å². The minimum Gasteiger partial charge on any atom is -0.352 e. The van der Waals surface area contributed by atoms with E-state index in [0.29, 0.717) is 22.1 Å². The van der Waals surface area contributed by atoms with Crippen LogP contribution in [0.25, 0.3) is 0 Å². The minimum absolute atomic E-state index is 0.177. The maximum atomic E-state index is 11.9. The van der Waals surface area contributed by atoms with Gasteiger partial charge in [0.1, 0.15) is 5.82 Å². The largest absolute Gasteiger partial charge is 0.352 e. The Morgan fingerprint density at radius 3 is 2.70 bits per heavy atom. The summed E-state index contributed by atoms with van der Waals surface area (Å²) in [5.74, 6) is -0.432. The molecule has 5 nitrogen and oxygen atoms in total. The van der Waals surface area contributed by atoms with Crippen LogP contribution in [0.5, 0.6) is 0 Å². The number of carbonyl (C=O) groups excluding carboxylic acids is 2. The maximum Gasteiger partial charge on any atom is 0.300 e. The summed E-state index contributed by atoms with van der Waals surface area (Å²) in [6, 6.07) is 10.3. The predicted octanol–water partition coefficient (Wildman–Crippen LogP) is 2.33. The van der Waals surface area contributed by atoms with Crippen molar-refractivity contribution in [3.05, 3.63) is 53.2 Å². The van der Waals surface area contributed by atoms with Crippen LogP contribution >= 0.6 is 11.6 Å². The summed E-state index contributed by atoms with van der Waals surface area (Å²) in [5, 5.41) is 3.52. The van der Waals surface area contributed by atoms with Crippen molar-refractivity contribution in [3.63, 3.8) is 0 Å². The van der Waals surface area contributed by atoms with Gasteiger partial charge in [-0.15, -0.1) is 0 Å². The molecule has 1 N–H and O–H groups in total. The van der Waals surface area contributed by atoms with Gasteiger partial charge in [-0.1, -0.05) is 23.7 Å². The van der Waals surface area contributed by atoms with E-state index in [0.717, 1.165) is 0 Å². The van der Waals surface area contributed by atoms with E-state index in [-0.39, 0.29) is 6.67 Å². The molecule has 0 atom stereocenters. The van der Waals surface area contributed by atoms with Crippen molar-refractivity contribution in [2.45, 2.75) is 0 Å². The average Bonchev–Trinajstić information content (AvgIpc) is 2.71. The summed E-state index contributed by atoms with van der Waals surface area (Å²) in [5.41, 5.74) is 1.05. The van der Waals surface area contributed by atoms with Crippen LogP contribution in [-0.4, -0.2) is 23.3 Å². The maximum absolute atomic E-state index is 11.9. The molecule has 0 bridgehead atoms. The Morgan fingerprint density at radius 2 is 1.95 bits per heavy atom. The van der Waals surface area contributed by atoms with Gasteiger partial charge in [-0.3, -0.25) is 14.5 Å². The third-order valence-corrected chi connectivity index (χ3v) is 3.25. The zero-order valence-electron chi connectivity index (χ0n) is 10.3. The molecule has 100 valence electrons. The molecule has 20 heavy (non-hydrogen) atoms. The number of ketones is 1. The Balaban J connectivity index is 1.79. The van der Waals surface area contributed by atoms with Crippen LogP contribution in [-0.2, 0) is 4.79 Å². The second-order valence-electron chi connectivity index (χ2n) is 4.28. The summed E-state index contributed by atoms with van der Waals surface area (Å²) in [4.78, 5) is 29.2. The Bertz CT molecular complexity index is 685. The van der Waals surface area contributed by atoms with Crippen molar-refractivity contribution >= 4 is 34.8 Å². The van der Waals surface area contributed by atoms with Crippen LogP contribution in [0.2, 0.25) is 5.02 Å². The van der Waals surface area contributed by atoms with Gasteiger partial charge >= 0.3 is 5.91 Å². The lowest BCUT2D eigenvalue weighted by Gasteiger charge is -2.17. The molecule has 1 amide bonds. The third kappa shape index (κ3) is 2.12. The SMILES string of the molecule is O=C1C(=O)N(CNc2ccc(Cl)cn2)c2ccccc21. The third-order valence-electron chi connectivity index (χ3n) is 3.02. The molecule has 0 saturated carbocycles. The summed E-state index contributed by atoms with van der Waals surface area (Å²) in [6.07, 6.45) is 1.51. The van der Waals surface area contributed by atoms with Crippen molar-refractivity contribution in [2.75, 3.05) is 16.9 Å². The number of halogens is 1. The van der Waals surface area contributed by atoms with Crippen LogP contribution in [0.1, 0.15) is 10.4 Å². The fourth-order valence-corrected chi connectivity index (χ4v) is 2.16. The lowest BCUT2D eigenvalue weighted by molar-refractivity contribution is -0.114. The molecular formula is C14H10ClN3O2. The average molecular weight is 288 g/mol. The van der Waals surface area contributed by atoms with Crippen molar-refractivity contribution in [3.8, 4) is 0 Å². The van der Waals surface area contributed by atoms with Crippen LogP contribution in [0.15, 0.2) is 42.6 Å². The first kappa shape index (κ1) is 12.6. The molecule has 1 aromatic heterocycles. The van der Waals surface area contributed by atoms with Gasteiger partial charge in [-0.25, -0.2) is 4.98 Å². The quantitative estimate of drug-likeness (QED) is 0.880. The van der Waals surface area contributed by atoms with Crippen LogP contribution in [0.3, 0.4) is 0 Å². The number of para-hydroxylation sites is 1. The number of anilines is 2. The summed E-state index contributed by atoms with van der Waals surface area (Å²) in [6.45, 7) is 0.177. The number of pyridine rings is 1. The number of hydrogen-bond acceptors (Lipinski definition) is 4. The highest BCUT2D eigenvalue weighted by Crippen LogP contribution is 2.28. The zero-order valence-corrected chi connectivity index (χ0v) is 11.1. The Kier molecular flexibility index (Phi) is 3.12. The van der Waals surface area contributed by atoms with Gasteiger partial charge in [0.05, 0.1) is 22.9 Å². The fraction of sp³-hybridized carbons (Fsp3) is 0.0714. The number of benzene rings is 1. The van der Waals surface area contributed by atoms with E-state index in [1.165, 1.54) is 11.1 Å². The Labute approximate surface area is 120 Å². The highest BCUT2D eigenvalue weighted by atomic mass is 35.5. The molecular weight excluding hydrogens is 278 g/mol. The highest BCUT2D eigenvalue weighted by molar-refractivity contribution is 6.52. The van der Waals surface area contributed by atoms with Gasteiger partial charge in [-0.2, -0.15) is 0 Å². The molecule has 6 heteroatoms. The zero-order chi connectivity index (χ0) is 14.1. The molecule has 3 rings (SSSR count). The summed E-state index contributed by atoms with van der Waals surface area (Å²) in [7, 11) is 0. The molecule has 0 fully saturated rings. The molecule has 2 aromatic rings. The number of amides is 1. The monoisotopic (exact) mass is 287 g/mol. The van der Waals surface area contributed by atoms with Crippen molar-refractivity contribution in [2.24, 2.45) is 0 Å². The van der Waals surface area contributed by atoms with Crippen molar-refractivity contribution < 1.29 is 9.59 Å². The molecule has 1 aliphatic heterocycles. The second-order valence-corrected chi connectivity index (χ2v) is 4.71. The molecule has 2 heterocycles. The second kappa shape index (κ2) is 4.94. The number of nitrogens with zero attached hydrogens (tertiary/aromatic N) is 2. The number of Topliss-reactive ketones (excluding diaryl/α,β-unsaturated/α-hetero) is 1. The summed E-state index contributed by atoms with van der Waals surface area (Å²) >= 11 is 5.75. The van der Waals surface area contributed by atoms with Gasteiger partial charge in [0.15, 0.2) is 0 Å². The van der Waals surface area contributed by atoms with Gasteiger partial charge in [0.2, 0.25) is 0 Å². The predicted molar refractivity (Wildman–Crippen MR) is 76.0 cm³/mol. The molecule has 0 saturated heterocycles. The highest BCUT2D eigenvalue weighted by Gasteiger charge is 2.35. The van der Waals surface area contributed by atoms with Crippen molar-refractivity contribution in [1.29, 1.82) is 0 Å². The molecule has 0 aliphatic carbocycles. The van der Waals surface area contributed by atoms with E-state index in [9.17, 15) is 9.59 Å². The molecule has 1 aliphatic rings. The number of rotatable bonds is 3. The summed E-state index contributed by atoms with van der Waals surface area (Å²) < 4.78 is 0. The lowest BCUT2D eigenvalue weighted by Crippen LogP contribution is -2.34. The lowest BCUT2D eigenvalue weighted by atomic mass is 10.1. The minimum atomic E-state index is -0.535. The molecule has 1 aromatic carbocycles. The van der Waals surface area contributed by atoms with Crippen LogP contribution < -0.4 is 10.2 Å². The van der Waals surface area contributed by atoms with E-state index in [1.807, 2.05) is 0 Å². The van der Waals surface area contributed by atoms with E-state index < -0.39 is 11.7 Å². The van der Waals surface area contributed by atoms with E-state index in [2.05, 4.69) is 10.3 Å². The van der Waals surface area contributed by atoms with E-state index >= 15 is 0 Å². The van der Waals surface area contributed by atoms with Crippen molar-refractivity contribution in [1.82, 2.24) is 4.98 Å². The standard InChI is InChI=1S/C14H10ClN3O2/c15-9-5-6-12(16-7-9)17-8-18-11-4-2-1-3-10(11)13(19)14(18)20/h1-7H,8H2,(H,16,17). The first-order valence-electron chi connectivity index (χ1n) is 5.97. The normalized spacial score (nSPS) is 13.6. The topological polar surface area (TPSA) is 62.3 Å². The van der Waals surface area contributed by atoms with E-state index in [1.54, 1.807) is 36.4 Å². The smallest absolute Gasteiger partial charge is 0.300 e. The first-order chi connectivity index (χ1) is 9.66. The number of aromatic nitrogens is 1. The molecule has 0 radical (unpaired) electrons. The number of hydrogen-bond donors (Lipinski definition) is 1. The number of nitrogens with one attached hydrogen (secondary N) is 1.